The first kappa shape index (κ1) is 13.6. The average Bonchev–Trinajstić information content (AvgIpc) is 2.84. The van der Waals surface area contributed by atoms with Crippen LogP contribution in [-0.4, -0.2) is 33.4 Å². The molecule has 0 saturated carbocycles. The number of imidazole rings is 1. The molecule has 19 heavy (non-hydrogen) atoms. The lowest BCUT2D eigenvalue weighted by molar-refractivity contribution is 0.309. The van der Waals surface area contributed by atoms with E-state index in [4.69, 9.17) is 9.47 Å². The Kier molecular flexibility index (Phi) is 4.54. The molecule has 0 spiro atoms. The number of aromatic nitrogens is 4. The Balaban J connectivity index is 2.43. The van der Waals surface area contributed by atoms with Crippen molar-refractivity contribution in [2.24, 2.45) is 0 Å². The molecule has 0 fully saturated rings. The van der Waals surface area contributed by atoms with Crippen molar-refractivity contribution < 1.29 is 9.47 Å². The SMILES string of the molecule is CCCCc1nc2c(OCC)nnc(OCC)c2[nH]1. The molecule has 1 N–H and O–H groups in total. The fourth-order valence-corrected chi connectivity index (χ4v) is 1.85. The molecule has 0 aliphatic heterocycles. The van der Waals surface area contributed by atoms with Gasteiger partial charge in [-0.3, -0.25) is 0 Å². The first-order valence-corrected chi connectivity index (χ1v) is 6.80. The van der Waals surface area contributed by atoms with Crippen LogP contribution >= 0.6 is 0 Å². The van der Waals surface area contributed by atoms with Gasteiger partial charge in [0.1, 0.15) is 11.3 Å². The molecule has 0 saturated heterocycles. The van der Waals surface area contributed by atoms with Gasteiger partial charge >= 0.3 is 0 Å². The van der Waals surface area contributed by atoms with Crippen LogP contribution in [0.4, 0.5) is 0 Å². The maximum absolute atomic E-state index is 5.47. The van der Waals surface area contributed by atoms with E-state index in [9.17, 15) is 0 Å². The fraction of sp³-hybridized carbons (Fsp3) is 0.615. The normalized spacial score (nSPS) is 10.9. The number of nitrogens with zero attached hydrogens (tertiary/aromatic N) is 3. The Morgan fingerprint density at radius 2 is 1.68 bits per heavy atom. The highest BCUT2D eigenvalue weighted by Gasteiger charge is 2.16. The van der Waals surface area contributed by atoms with E-state index in [1.165, 1.54) is 0 Å². The van der Waals surface area contributed by atoms with Crippen molar-refractivity contribution >= 4 is 11.0 Å². The molecular formula is C13H20N4O2. The molecule has 0 amide bonds. The van der Waals surface area contributed by atoms with Crippen molar-refractivity contribution in [1.82, 2.24) is 20.2 Å². The van der Waals surface area contributed by atoms with Gasteiger partial charge in [0.05, 0.1) is 13.2 Å². The second-order valence-corrected chi connectivity index (χ2v) is 4.19. The van der Waals surface area contributed by atoms with Crippen molar-refractivity contribution in [3.63, 3.8) is 0 Å². The van der Waals surface area contributed by atoms with Gasteiger partial charge in [0.2, 0.25) is 0 Å². The van der Waals surface area contributed by atoms with E-state index in [1.54, 1.807) is 0 Å². The molecule has 6 heteroatoms. The first-order chi connectivity index (χ1) is 9.30. The third kappa shape index (κ3) is 2.94. The maximum Gasteiger partial charge on any atom is 0.262 e. The molecule has 6 nitrogen and oxygen atoms in total. The fourth-order valence-electron chi connectivity index (χ4n) is 1.85. The van der Waals surface area contributed by atoms with Crippen molar-refractivity contribution in [2.45, 2.75) is 40.0 Å². The standard InChI is InChI=1S/C13H20N4O2/c1-4-7-8-9-14-10-11(15-9)13(19-6-3)17-16-12(10)18-5-2/h4-8H2,1-3H3,(H,14,15). The molecule has 104 valence electrons. The second kappa shape index (κ2) is 6.36. The highest BCUT2D eigenvalue weighted by atomic mass is 16.5. The van der Waals surface area contributed by atoms with Gasteiger partial charge < -0.3 is 14.5 Å². The summed E-state index contributed by atoms with van der Waals surface area (Å²) in [5, 5.41) is 8.07. The number of unbranched alkanes of at least 4 members (excludes halogenated alkanes) is 1. The highest BCUT2D eigenvalue weighted by Crippen LogP contribution is 2.27. The van der Waals surface area contributed by atoms with Gasteiger partial charge in [-0.2, -0.15) is 0 Å². The summed E-state index contributed by atoms with van der Waals surface area (Å²) in [5.41, 5.74) is 1.47. The molecule has 0 radical (unpaired) electrons. The smallest absolute Gasteiger partial charge is 0.262 e. The lowest BCUT2D eigenvalue weighted by Crippen LogP contribution is -2.01. The average molecular weight is 264 g/mol. The summed E-state index contributed by atoms with van der Waals surface area (Å²) in [6.45, 7) is 7.06. The number of hydrogen-bond acceptors (Lipinski definition) is 5. The largest absolute Gasteiger partial charge is 0.475 e. The number of ether oxygens (including phenoxy) is 2. The number of hydrogen-bond donors (Lipinski definition) is 1. The van der Waals surface area contributed by atoms with Gasteiger partial charge in [0, 0.05) is 6.42 Å². The summed E-state index contributed by atoms with van der Waals surface area (Å²) in [4.78, 5) is 7.81. The molecule has 2 rings (SSSR count). The van der Waals surface area contributed by atoms with E-state index >= 15 is 0 Å². The molecule has 0 unspecified atom stereocenters. The lowest BCUT2D eigenvalue weighted by atomic mass is 10.2. The lowest BCUT2D eigenvalue weighted by Gasteiger charge is -2.04. The van der Waals surface area contributed by atoms with Crippen LogP contribution in [0.25, 0.3) is 11.0 Å². The quantitative estimate of drug-likeness (QED) is 0.831. The van der Waals surface area contributed by atoms with E-state index < -0.39 is 0 Å². The zero-order chi connectivity index (χ0) is 13.7. The Morgan fingerprint density at radius 3 is 2.37 bits per heavy atom. The van der Waals surface area contributed by atoms with E-state index in [0.29, 0.717) is 30.5 Å². The Bertz CT molecular complexity index is 496. The summed E-state index contributed by atoms with van der Waals surface area (Å²) >= 11 is 0. The minimum Gasteiger partial charge on any atom is -0.475 e. The summed E-state index contributed by atoms with van der Waals surface area (Å²) in [7, 11) is 0. The van der Waals surface area contributed by atoms with Crippen LogP contribution < -0.4 is 9.47 Å². The topological polar surface area (TPSA) is 72.9 Å². The monoisotopic (exact) mass is 264 g/mol. The van der Waals surface area contributed by atoms with Crippen LogP contribution in [0.15, 0.2) is 0 Å². The molecule has 2 aromatic heterocycles. The molecule has 2 aromatic rings. The first-order valence-electron chi connectivity index (χ1n) is 6.80. The van der Waals surface area contributed by atoms with Crippen LogP contribution in [0.2, 0.25) is 0 Å². The summed E-state index contributed by atoms with van der Waals surface area (Å²) in [6.07, 6.45) is 3.13. The molecule has 0 aromatic carbocycles. The van der Waals surface area contributed by atoms with Gasteiger partial charge in [0.25, 0.3) is 11.8 Å². The second-order valence-electron chi connectivity index (χ2n) is 4.19. The summed E-state index contributed by atoms with van der Waals surface area (Å²) in [6, 6.07) is 0. The predicted octanol–water partition coefficient (Wildman–Crippen LogP) is 2.49. The van der Waals surface area contributed by atoms with Crippen molar-refractivity contribution in [3.8, 4) is 11.8 Å². The number of fused-ring (bicyclic) bond motifs is 1. The van der Waals surface area contributed by atoms with Gasteiger partial charge in [0.15, 0.2) is 5.52 Å². The van der Waals surface area contributed by atoms with E-state index in [2.05, 4.69) is 27.1 Å². The van der Waals surface area contributed by atoms with Gasteiger partial charge in [-0.1, -0.05) is 13.3 Å². The molecule has 0 bridgehead atoms. The van der Waals surface area contributed by atoms with Crippen molar-refractivity contribution in [2.75, 3.05) is 13.2 Å². The summed E-state index contributed by atoms with van der Waals surface area (Å²) < 4.78 is 10.9. The van der Waals surface area contributed by atoms with Crippen LogP contribution in [0.3, 0.4) is 0 Å². The molecule has 2 heterocycles. The third-order valence-electron chi connectivity index (χ3n) is 2.73. The zero-order valence-electron chi connectivity index (χ0n) is 11.7. The maximum atomic E-state index is 5.47. The Morgan fingerprint density at radius 1 is 1.00 bits per heavy atom. The number of aryl methyl sites for hydroxylation is 1. The molecular weight excluding hydrogens is 244 g/mol. The van der Waals surface area contributed by atoms with Crippen LogP contribution in [0.5, 0.6) is 11.8 Å². The van der Waals surface area contributed by atoms with E-state index in [-0.39, 0.29) is 0 Å². The minimum atomic E-state index is 0.458. The third-order valence-corrected chi connectivity index (χ3v) is 2.73. The number of aromatic amines is 1. The van der Waals surface area contributed by atoms with Gasteiger partial charge in [-0.25, -0.2) is 4.98 Å². The van der Waals surface area contributed by atoms with Gasteiger partial charge in [-0.15, -0.1) is 10.2 Å². The number of H-pyrrole nitrogens is 1. The van der Waals surface area contributed by atoms with Crippen molar-refractivity contribution in [1.29, 1.82) is 0 Å². The Labute approximate surface area is 112 Å². The van der Waals surface area contributed by atoms with Crippen LogP contribution in [0, 0.1) is 0 Å². The molecule has 0 atom stereocenters. The predicted molar refractivity (Wildman–Crippen MR) is 72.6 cm³/mol. The van der Waals surface area contributed by atoms with E-state index in [1.807, 2.05) is 13.8 Å². The minimum absolute atomic E-state index is 0.458. The number of rotatable bonds is 7. The molecule has 0 aliphatic rings. The van der Waals surface area contributed by atoms with Crippen LogP contribution in [-0.2, 0) is 6.42 Å². The van der Waals surface area contributed by atoms with Crippen LogP contribution in [0.1, 0.15) is 39.4 Å². The van der Waals surface area contributed by atoms with Gasteiger partial charge in [-0.05, 0) is 20.3 Å². The number of nitrogens with one attached hydrogen (secondary N) is 1. The zero-order valence-corrected chi connectivity index (χ0v) is 11.7. The van der Waals surface area contributed by atoms with E-state index in [0.717, 1.165) is 30.6 Å². The molecule has 0 aliphatic carbocycles. The van der Waals surface area contributed by atoms with Crippen molar-refractivity contribution in [3.05, 3.63) is 5.82 Å². The Hall–Kier alpha value is -1.85. The summed E-state index contributed by atoms with van der Waals surface area (Å²) in [5.74, 6) is 1.87. The highest BCUT2D eigenvalue weighted by molar-refractivity contribution is 5.83.